The number of anilines is 1. The van der Waals surface area contributed by atoms with Crippen molar-refractivity contribution in [2.75, 3.05) is 5.32 Å². The van der Waals surface area contributed by atoms with Crippen molar-refractivity contribution in [1.29, 1.82) is 0 Å². The van der Waals surface area contributed by atoms with Crippen molar-refractivity contribution in [1.82, 2.24) is 5.32 Å². The van der Waals surface area contributed by atoms with Gasteiger partial charge in [-0.25, -0.2) is 0 Å². The number of carbonyl (C=O) groups is 2. The number of halogens is 1. The summed E-state index contributed by atoms with van der Waals surface area (Å²) in [6.45, 7) is 4.05. The summed E-state index contributed by atoms with van der Waals surface area (Å²) in [6, 6.07) is 16.4. The van der Waals surface area contributed by atoms with Gasteiger partial charge in [0, 0.05) is 5.56 Å². The summed E-state index contributed by atoms with van der Waals surface area (Å²) in [5.41, 5.74) is 3.13. The quantitative estimate of drug-likeness (QED) is 0.545. The van der Waals surface area contributed by atoms with Crippen molar-refractivity contribution < 1.29 is 9.59 Å². The molecule has 4 nitrogen and oxygen atoms in total. The average Bonchev–Trinajstić information content (AvgIpc) is 3.24. The van der Waals surface area contributed by atoms with Gasteiger partial charge in [0.25, 0.3) is 11.8 Å². The molecule has 0 aliphatic carbocycles. The molecule has 28 heavy (non-hydrogen) atoms. The first kappa shape index (κ1) is 20.1. The molecule has 1 aromatic heterocycles. The second kappa shape index (κ2) is 9.04. The van der Waals surface area contributed by atoms with Crippen LogP contribution in [0.5, 0.6) is 0 Å². The van der Waals surface area contributed by atoms with Gasteiger partial charge in [0.2, 0.25) is 0 Å². The molecule has 0 spiro atoms. The Labute approximate surface area is 173 Å². The molecule has 144 valence electrons. The Morgan fingerprint density at radius 2 is 1.82 bits per heavy atom. The number of carbonyl (C=O) groups excluding carboxylic acids is 2. The third-order valence-corrected chi connectivity index (χ3v) is 5.66. The van der Waals surface area contributed by atoms with Crippen LogP contribution in [0.15, 0.2) is 60.0 Å². The maximum atomic E-state index is 12.7. The Balaban J connectivity index is 1.71. The van der Waals surface area contributed by atoms with Crippen molar-refractivity contribution in [3.8, 4) is 0 Å². The molecule has 6 heteroatoms. The Kier molecular flexibility index (Phi) is 6.49. The third kappa shape index (κ3) is 4.80. The fourth-order valence-corrected chi connectivity index (χ4v) is 3.54. The predicted molar refractivity (Wildman–Crippen MR) is 115 cm³/mol. The van der Waals surface area contributed by atoms with E-state index < -0.39 is 0 Å². The van der Waals surface area contributed by atoms with Crippen LogP contribution in [-0.4, -0.2) is 11.8 Å². The number of rotatable bonds is 6. The van der Waals surface area contributed by atoms with Gasteiger partial charge in [0.1, 0.15) is 0 Å². The zero-order valence-corrected chi connectivity index (χ0v) is 17.2. The molecule has 3 aromatic rings. The van der Waals surface area contributed by atoms with Gasteiger partial charge in [-0.05, 0) is 54.1 Å². The number of thiophene rings is 1. The number of nitrogens with one attached hydrogen (secondary N) is 2. The number of hydrogen-bond acceptors (Lipinski definition) is 3. The largest absolute Gasteiger partial charge is 0.346 e. The standard InChI is InChI=1S/C22H21ClN2O2S/c1-3-15-6-8-16(9-7-15)14(2)24-21(26)17-10-11-18(23)19(13-17)25-22(27)20-5-4-12-28-20/h4-14H,3H2,1-2H3,(H,24,26)(H,25,27). The van der Waals surface area contributed by atoms with E-state index in [0.29, 0.717) is 21.2 Å². The molecule has 0 radical (unpaired) electrons. The maximum Gasteiger partial charge on any atom is 0.265 e. The highest BCUT2D eigenvalue weighted by atomic mass is 35.5. The summed E-state index contributed by atoms with van der Waals surface area (Å²) in [7, 11) is 0. The smallest absolute Gasteiger partial charge is 0.265 e. The van der Waals surface area contributed by atoms with Gasteiger partial charge in [0.05, 0.1) is 21.6 Å². The van der Waals surface area contributed by atoms with Crippen LogP contribution in [-0.2, 0) is 6.42 Å². The van der Waals surface area contributed by atoms with Gasteiger partial charge < -0.3 is 10.6 Å². The van der Waals surface area contributed by atoms with Gasteiger partial charge in [0.15, 0.2) is 0 Å². The van der Waals surface area contributed by atoms with Gasteiger partial charge in [-0.1, -0.05) is 48.9 Å². The molecule has 0 aliphatic rings. The Morgan fingerprint density at radius 3 is 2.46 bits per heavy atom. The van der Waals surface area contributed by atoms with Gasteiger partial charge >= 0.3 is 0 Å². The fourth-order valence-electron chi connectivity index (χ4n) is 2.76. The van der Waals surface area contributed by atoms with E-state index in [4.69, 9.17) is 11.6 Å². The minimum absolute atomic E-state index is 0.141. The molecule has 3 rings (SSSR count). The molecule has 1 atom stereocenters. The molecule has 0 aliphatic heterocycles. The summed E-state index contributed by atoms with van der Waals surface area (Å²) in [5, 5.41) is 7.96. The van der Waals surface area contributed by atoms with Gasteiger partial charge in [-0.15, -0.1) is 11.3 Å². The summed E-state index contributed by atoms with van der Waals surface area (Å²) >= 11 is 7.53. The minimum Gasteiger partial charge on any atom is -0.346 e. The number of aryl methyl sites for hydroxylation is 1. The predicted octanol–water partition coefficient (Wildman–Crippen LogP) is 5.71. The van der Waals surface area contributed by atoms with E-state index >= 15 is 0 Å². The molecule has 2 N–H and O–H groups in total. The summed E-state index contributed by atoms with van der Waals surface area (Å²) in [5.74, 6) is -0.478. The Bertz CT molecular complexity index is 969. The van der Waals surface area contributed by atoms with E-state index in [1.807, 2.05) is 24.4 Å². The highest BCUT2D eigenvalue weighted by Gasteiger charge is 2.15. The highest BCUT2D eigenvalue weighted by molar-refractivity contribution is 7.12. The van der Waals surface area contributed by atoms with E-state index in [9.17, 15) is 9.59 Å². The van der Waals surface area contributed by atoms with E-state index in [0.717, 1.165) is 12.0 Å². The first-order valence-corrected chi connectivity index (χ1v) is 10.3. The topological polar surface area (TPSA) is 58.2 Å². The van der Waals surface area contributed by atoms with Gasteiger partial charge in [-0.3, -0.25) is 9.59 Å². The second-order valence-electron chi connectivity index (χ2n) is 6.42. The zero-order valence-electron chi connectivity index (χ0n) is 15.7. The van der Waals surface area contributed by atoms with Crippen molar-refractivity contribution in [3.63, 3.8) is 0 Å². The van der Waals surface area contributed by atoms with Crippen molar-refractivity contribution in [2.24, 2.45) is 0 Å². The van der Waals surface area contributed by atoms with Crippen LogP contribution in [0.3, 0.4) is 0 Å². The molecular formula is C22H21ClN2O2S. The molecule has 0 saturated heterocycles. The first-order chi connectivity index (χ1) is 13.5. The van der Waals surface area contributed by atoms with Gasteiger partial charge in [-0.2, -0.15) is 0 Å². The summed E-state index contributed by atoms with van der Waals surface area (Å²) in [4.78, 5) is 25.5. The lowest BCUT2D eigenvalue weighted by atomic mass is 10.0. The molecule has 0 fully saturated rings. The summed E-state index contributed by atoms with van der Waals surface area (Å²) < 4.78 is 0. The van der Waals surface area contributed by atoms with Crippen LogP contribution in [0.4, 0.5) is 5.69 Å². The zero-order chi connectivity index (χ0) is 20.1. The fraction of sp³-hybridized carbons (Fsp3) is 0.182. The second-order valence-corrected chi connectivity index (χ2v) is 7.77. The van der Waals surface area contributed by atoms with Crippen LogP contribution in [0, 0.1) is 0 Å². The van der Waals surface area contributed by atoms with Crippen molar-refractivity contribution in [2.45, 2.75) is 26.3 Å². The van der Waals surface area contributed by atoms with Crippen LogP contribution in [0.2, 0.25) is 5.02 Å². The first-order valence-electron chi connectivity index (χ1n) is 9.02. The van der Waals surface area contributed by atoms with Crippen LogP contribution in [0.25, 0.3) is 0 Å². The van der Waals surface area contributed by atoms with Crippen LogP contribution >= 0.6 is 22.9 Å². The molecule has 1 unspecified atom stereocenters. The number of hydrogen-bond donors (Lipinski definition) is 2. The number of amides is 2. The normalized spacial score (nSPS) is 11.7. The monoisotopic (exact) mass is 412 g/mol. The minimum atomic E-state index is -0.251. The molecule has 0 saturated carbocycles. The molecule has 0 bridgehead atoms. The molecular weight excluding hydrogens is 392 g/mol. The summed E-state index contributed by atoms with van der Waals surface area (Å²) in [6.07, 6.45) is 0.978. The lowest BCUT2D eigenvalue weighted by molar-refractivity contribution is 0.0938. The lowest BCUT2D eigenvalue weighted by Gasteiger charge is -2.16. The van der Waals surface area contributed by atoms with Crippen LogP contribution < -0.4 is 10.6 Å². The average molecular weight is 413 g/mol. The Hall–Kier alpha value is -2.63. The third-order valence-electron chi connectivity index (χ3n) is 4.46. The van der Waals surface area contributed by atoms with E-state index in [-0.39, 0.29) is 17.9 Å². The molecule has 1 heterocycles. The SMILES string of the molecule is CCc1ccc(C(C)NC(=O)c2ccc(Cl)c(NC(=O)c3cccs3)c2)cc1. The van der Waals surface area contributed by atoms with E-state index in [2.05, 4.69) is 29.7 Å². The lowest BCUT2D eigenvalue weighted by Crippen LogP contribution is -2.26. The molecule has 2 amide bonds. The highest BCUT2D eigenvalue weighted by Crippen LogP contribution is 2.25. The van der Waals surface area contributed by atoms with Crippen molar-refractivity contribution in [3.05, 3.63) is 86.6 Å². The van der Waals surface area contributed by atoms with Crippen molar-refractivity contribution >= 4 is 40.4 Å². The van der Waals surface area contributed by atoms with E-state index in [1.54, 1.807) is 30.3 Å². The molecule has 2 aromatic carbocycles. The number of benzene rings is 2. The van der Waals surface area contributed by atoms with Crippen LogP contribution in [0.1, 0.15) is 51.0 Å². The maximum absolute atomic E-state index is 12.7. The Morgan fingerprint density at radius 1 is 1.07 bits per heavy atom. The van der Waals surface area contributed by atoms with E-state index in [1.165, 1.54) is 16.9 Å².